The quantitative estimate of drug-likeness (QED) is 0.811. The second kappa shape index (κ2) is 7.12. The Kier molecular flexibility index (Phi) is 4.68. The molecule has 0 saturated carbocycles. The molecular weight excluding hydrogens is 356 g/mol. The Labute approximate surface area is 154 Å². The minimum absolute atomic E-state index is 0.0197. The van der Waals surface area contributed by atoms with Gasteiger partial charge in [0.2, 0.25) is 11.8 Å². The molecule has 2 atom stereocenters. The highest BCUT2D eigenvalue weighted by Gasteiger charge is 2.41. The van der Waals surface area contributed by atoms with E-state index in [1.807, 2.05) is 10.3 Å². The van der Waals surface area contributed by atoms with E-state index >= 15 is 0 Å². The minimum Gasteiger partial charge on any atom is -0.352 e. The van der Waals surface area contributed by atoms with Crippen molar-refractivity contribution in [3.05, 3.63) is 28.3 Å². The number of carbonyl (C=O) groups excluding carboxylic acids is 2. The number of nitrogens with zero attached hydrogens (tertiary/aromatic N) is 5. The van der Waals surface area contributed by atoms with Gasteiger partial charge in [0.05, 0.1) is 30.2 Å². The van der Waals surface area contributed by atoms with Crippen molar-refractivity contribution in [2.24, 2.45) is 5.92 Å². The molecule has 2 aromatic heterocycles. The lowest BCUT2D eigenvalue weighted by Crippen LogP contribution is -2.47. The van der Waals surface area contributed by atoms with Gasteiger partial charge in [0, 0.05) is 31.6 Å². The first-order valence-electron chi connectivity index (χ1n) is 8.58. The van der Waals surface area contributed by atoms with Crippen LogP contribution in [0.25, 0.3) is 0 Å². The van der Waals surface area contributed by atoms with Crippen LogP contribution < -0.4 is 5.32 Å². The molecule has 10 heteroatoms. The Morgan fingerprint density at radius 2 is 2.27 bits per heavy atom. The van der Waals surface area contributed by atoms with Crippen LogP contribution in [0.2, 0.25) is 0 Å². The summed E-state index contributed by atoms with van der Waals surface area (Å²) in [5.41, 5.74) is 2.73. The summed E-state index contributed by atoms with van der Waals surface area (Å²) in [6.45, 7) is 2.43. The molecule has 3 saturated heterocycles. The number of rotatable bonds is 5. The molecule has 2 amide bonds. The summed E-state index contributed by atoms with van der Waals surface area (Å²) in [6.07, 6.45) is 1.89. The Morgan fingerprint density at radius 3 is 3.04 bits per heavy atom. The SMILES string of the molecule is CNC(=O)c1noc(CN2C[C@@H]3CC[C@H](C2)N(Cc2cscn2)C3=O)n1. The maximum Gasteiger partial charge on any atom is 0.292 e. The van der Waals surface area contributed by atoms with Crippen LogP contribution in [0.3, 0.4) is 0 Å². The van der Waals surface area contributed by atoms with Gasteiger partial charge >= 0.3 is 0 Å². The van der Waals surface area contributed by atoms with Crippen LogP contribution in [-0.2, 0) is 17.9 Å². The molecule has 5 heterocycles. The van der Waals surface area contributed by atoms with E-state index in [4.69, 9.17) is 4.52 Å². The number of aromatic nitrogens is 3. The van der Waals surface area contributed by atoms with Crippen LogP contribution in [-0.4, -0.2) is 62.9 Å². The molecule has 3 aliphatic heterocycles. The van der Waals surface area contributed by atoms with Crippen LogP contribution in [0, 0.1) is 5.92 Å². The molecule has 1 N–H and O–H groups in total. The highest BCUT2D eigenvalue weighted by atomic mass is 32.1. The van der Waals surface area contributed by atoms with Crippen molar-refractivity contribution in [3.8, 4) is 0 Å². The van der Waals surface area contributed by atoms with Crippen molar-refractivity contribution in [2.45, 2.75) is 32.0 Å². The van der Waals surface area contributed by atoms with Crippen molar-refractivity contribution in [3.63, 3.8) is 0 Å². The van der Waals surface area contributed by atoms with Gasteiger partial charge in [-0.1, -0.05) is 5.16 Å². The van der Waals surface area contributed by atoms with E-state index in [2.05, 4.69) is 25.3 Å². The highest BCUT2D eigenvalue weighted by molar-refractivity contribution is 7.07. The molecule has 9 nitrogen and oxygen atoms in total. The first-order valence-corrected chi connectivity index (χ1v) is 9.53. The zero-order valence-corrected chi connectivity index (χ0v) is 15.2. The first-order chi connectivity index (χ1) is 12.6. The van der Waals surface area contributed by atoms with E-state index < -0.39 is 0 Å². The predicted octanol–water partition coefficient (Wildman–Crippen LogP) is 0.509. The van der Waals surface area contributed by atoms with Gasteiger partial charge in [0.1, 0.15) is 0 Å². The van der Waals surface area contributed by atoms with Crippen LogP contribution >= 0.6 is 11.3 Å². The summed E-state index contributed by atoms with van der Waals surface area (Å²) >= 11 is 1.54. The van der Waals surface area contributed by atoms with E-state index in [0.29, 0.717) is 25.5 Å². The van der Waals surface area contributed by atoms with E-state index in [-0.39, 0.29) is 29.6 Å². The van der Waals surface area contributed by atoms with Crippen molar-refractivity contribution in [1.82, 2.24) is 30.2 Å². The third-order valence-corrected chi connectivity index (χ3v) is 5.58. The number of fused-ring (bicyclic) bond motifs is 4. The van der Waals surface area contributed by atoms with Gasteiger partial charge in [0.15, 0.2) is 0 Å². The molecule has 138 valence electrons. The van der Waals surface area contributed by atoms with E-state index in [1.165, 1.54) is 7.05 Å². The van der Waals surface area contributed by atoms with Gasteiger partial charge in [-0.2, -0.15) is 4.98 Å². The summed E-state index contributed by atoms with van der Waals surface area (Å²) in [7, 11) is 1.52. The number of thiazole rings is 1. The second-order valence-electron chi connectivity index (χ2n) is 6.66. The Balaban J connectivity index is 1.46. The van der Waals surface area contributed by atoms with Gasteiger partial charge in [-0.25, -0.2) is 4.98 Å². The zero-order chi connectivity index (χ0) is 18.1. The molecule has 0 radical (unpaired) electrons. The predicted molar refractivity (Wildman–Crippen MR) is 92.1 cm³/mol. The fraction of sp³-hybridized carbons (Fsp3) is 0.562. The molecule has 2 bridgehead atoms. The fourth-order valence-electron chi connectivity index (χ4n) is 3.67. The van der Waals surface area contributed by atoms with Gasteiger partial charge < -0.3 is 14.7 Å². The summed E-state index contributed by atoms with van der Waals surface area (Å²) in [4.78, 5) is 37.0. The van der Waals surface area contributed by atoms with Crippen LogP contribution in [0.15, 0.2) is 15.4 Å². The van der Waals surface area contributed by atoms with Crippen molar-refractivity contribution in [1.29, 1.82) is 0 Å². The number of amides is 2. The summed E-state index contributed by atoms with van der Waals surface area (Å²) in [5, 5.41) is 8.16. The maximum absolute atomic E-state index is 12.8. The average Bonchev–Trinajstić information content (AvgIpc) is 3.25. The zero-order valence-electron chi connectivity index (χ0n) is 14.4. The van der Waals surface area contributed by atoms with Gasteiger partial charge in [0.25, 0.3) is 11.7 Å². The molecule has 0 unspecified atom stereocenters. The minimum atomic E-state index is -0.374. The standard InChI is InChI=1S/C16H20N6O3S/c1-17-15(23)14-19-13(25-20-14)7-21-4-10-2-3-12(6-21)22(16(10)24)5-11-8-26-9-18-11/h8-10,12H,2-7H2,1H3,(H,17,23)/t10-,12+/m0/s1. The molecule has 0 aliphatic carbocycles. The lowest BCUT2D eigenvalue weighted by atomic mass is 9.94. The Hall–Kier alpha value is -2.33. The first kappa shape index (κ1) is 17.1. The monoisotopic (exact) mass is 376 g/mol. The average molecular weight is 376 g/mol. The van der Waals surface area contributed by atoms with Crippen LogP contribution in [0.5, 0.6) is 0 Å². The molecule has 0 aromatic carbocycles. The number of carbonyl (C=O) groups is 2. The summed E-state index contributed by atoms with van der Waals surface area (Å²) in [6, 6.07) is 0.157. The van der Waals surface area contributed by atoms with E-state index in [9.17, 15) is 9.59 Å². The molecule has 5 rings (SSSR count). The molecular formula is C16H20N6O3S. The van der Waals surface area contributed by atoms with Crippen molar-refractivity contribution >= 4 is 23.2 Å². The van der Waals surface area contributed by atoms with E-state index in [0.717, 1.165) is 25.1 Å². The normalized spacial score (nSPS) is 23.3. The largest absolute Gasteiger partial charge is 0.352 e. The Bertz CT molecular complexity index is 792. The lowest BCUT2D eigenvalue weighted by Gasteiger charge is -2.35. The molecule has 3 aliphatic rings. The fourth-order valence-corrected chi connectivity index (χ4v) is 4.22. The number of hydrogen-bond donors (Lipinski definition) is 1. The molecule has 2 aromatic rings. The third kappa shape index (κ3) is 3.34. The van der Waals surface area contributed by atoms with Crippen molar-refractivity contribution < 1.29 is 14.1 Å². The van der Waals surface area contributed by atoms with Gasteiger partial charge in [-0.05, 0) is 12.8 Å². The van der Waals surface area contributed by atoms with E-state index in [1.54, 1.807) is 16.8 Å². The summed E-state index contributed by atoms with van der Waals surface area (Å²) < 4.78 is 5.19. The van der Waals surface area contributed by atoms with Crippen LogP contribution in [0.4, 0.5) is 0 Å². The number of nitrogens with one attached hydrogen (secondary N) is 1. The Morgan fingerprint density at radius 1 is 1.38 bits per heavy atom. The summed E-state index contributed by atoms with van der Waals surface area (Å²) in [5.74, 6) is 0.229. The molecule has 26 heavy (non-hydrogen) atoms. The second-order valence-corrected chi connectivity index (χ2v) is 7.38. The van der Waals surface area contributed by atoms with Crippen LogP contribution in [0.1, 0.15) is 35.0 Å². The maximum atomic E-state index is 12.8. The lowest BCUT2D eigenvalue weighted by molar-refractivity contribution is -0.140. The van der Waals surface area contributed by atoms with Gasteiger partial charge in [-0.3, -0.25) is 14.5 Å². The smallest absolute Gasteiger partial charge is 0.292 e. The molecule has 0 spiro atoms. The molecule has 3 fully saturated rings. The topological polar surface area (TPSA) is 104 Å². The number of hydrogen-bond acceptors (Lipinski definition) is 8. The highest BCUT2D eigenvalue weighted by Crippen LogP contribution is 2.31. The third-order valence-electron chi connectivity index (χ3n) is 4.94. The number of piperidine rings is 1. The van der Waals surface area contributed by atoms with Crippen molar-refractivity contribution in [2.75, 3.05) is 20.1 Å². The van der Waals surface area contributed by atoms with Gasteiger partial charge in [-0.15, -0.1) is 11.3 Å².